The van der Waals surface area contributed by atoms with Crippen molar-refractivity contribution in [3.63, 3.8) is 0 Å². The van der Waals surface area contributed by atoms with Crippen LogP contribution in [0.4, 0.5) is 0 Å². The summed E-state index contributed by atoms with van der Waals surface area (Å²) in [5.41, 5.74) is 1.10. The largest absolute Gasteiger partial charge is 0.381 e. The van der Waals surface area contributed by atoms with Gasteiger partial charge in [0.15, 0.2) is 0 Å². The predicted octanol–water partition coefficient (Wildman–Crippen LogP) is 1.62. The van der Waals surface area contributed by atoms with Gasteiger partial charge >= 0.3 is 0 Å². The first kappa shape index (κ1) is 8.75. The topological polar surface area (TPSA) is 27.1 Å². The van der Waals surface area contributed by atoms with Crippen molar-refractivity contribution in [2.24, 2.45) is 5.92 Å². The van der Waals surface area contributed by atoms with E-state index in [1.54, 1.807) is 0 Å². The molecular formula is C10H16N2O. The van der Waals surface area contributed by atoms with Crippen LogP contribution in [0, 0.1) is 12.8 Å². The number of aryl methyl sites for hydroxylation is 1. The average Bonchev–Trinajstić information content (AvgIpc) is 2.53. The summed E-state index contributed by atoms with van der Waals surface area (Å²) in [6.07, 6.45) is 4.42. The molecular weight excluding hydrogens is 164 g/mol. The Hall–Kier alpha value is -0.830. The molecule has 0 amide bonds. The molecule has 1 fully saturated rings. The summed E-state index contributed by atoms with van der Waals surface area (Å²) in [6.45, 7) is 4.92. The van der Waals surface area contributed by atoms with Crippen LogP contribution < -0.4 is 0 Å². The number of hydrogen-bond acceptors (Lipinski definition) is 2. The van der Waals surface area contributed by atoms with Crippen molar-refractivity contribution in [3.05, 3.63) is 18.0 Å². The first-order valence-electron chi connectivity index (χ1n) is 4.92. The summed E-state index contributed by atoms with van der Waals surface area (Å²) in [6, 6.07) is 2.05. The highest BCUT2D eigenvalue weighted by Crippen LogP contribution is 2.16. The van der Waals surface area contributed by atoms with Crippen molar-refractivity contribution in [2.75, 3.05) is 13.2 Å². The highest BCUT2D eigenvalue weighted by molar-refractivity contribution is 4.94. The van der Waals surface area contributed by atoms with Gasteiger partial charge in [-0.2, -0.15) is 5.10 Å². The van der Waals surface area contributed by atoms with Gasteiger partial charge in [0.2, 0.25) is 0 Å². The minimum atomic E-state index is 0.757. The van der Waals surface area contributed by atoms with Crippen molar-refractivity contribution < 1.29 is 4.74 Å². The predicted molar refractivity (Wildman–Crippen MR) is 50.5 cm³/mol. The molecule has 0 radical (unpaired) electrons. The lowest BCUT2D eigenvalue weighted by Crippen LogP contribution is -2.20. The number of ether oxygens (including phenoxy) is 1. The molecule has 72 valence electrons. The van der Waals surface area contributed by atoms with Crippen molar-refractivity contribution in [1.29, 1.82) is 0 Å². The molecule has 1 aromatic rings. The Labute approximate surface area is 78.7 Å². The van der Waals surface area contributed by atoms with Crippen LogP contribution in [-0.4, -0.2) is 23.0 Å². The second-order valence-corrected chi connectivity index (χ2v) is 3.73. The molecule has 1 aliphatic rings. The SMILES string of the molecule is Cc1ccn(CC2CCOCC2)n1. The van der Waals surface area contributed by atoms with E-state index in [1.165, 1.54) is 12.8 Å². The van der Waals surface area contributed by atoms with E-state index in [-0.39, 0.29) is 0 Å². The van der Waals surface area contributed by atoms with Crippen molar-refractivity contribution >= 4 is 0 Å². The molecule has 0 saturated carbocycles. The smallest absolute Gasteiger partial charge is 0.0593 e. The van der Waals surface area contributed by atoms with Gasteiger partial charge in [0.05, 0.1) is 5.69 Å². The molecule has 13 heavy (non-hydrogen) atoms. The number of rotatable bonds is 2. The highest BCUT2D eigenvalue weighted by Gasteiger charge is 2.14. The number of nitrogens with zero attached hydrogens (tertiary/aromatic N) is 2. The molecule has 0 unspecified atom stereocenters. The lowest BCUT2D eigenvalue weighted by Gasteiger charge is -2.21. The van der Waals surface area contributed by atoms with E-state index in [2.05, 4.69) is 17.4 Å². The Morgan fingerprint density at radius 3 is 2.92 bits per heavy atom. The van der Waals surface area contributed by atoms with Crippen molar-refractivity contribution in [3.8, 4) is 0 Å². The van der Waals surface area contributed by atoms with E-state index >= 15 is 0 Å². The summed E-state index contributed by atoms with van der Waals surface area (Å²) < 4.78 is 7.36. The average molecular weight is 180 g/mol. The van der Waals surface area contributed by atoms with E-state index < -0.39 is 0 Å². The molecule has 0 bridgehead atoms. The molecule has 2 heterocycles. The first-order valence-corrected chi connectivity index (χ1v) is 4.92. The van der Waals surface area contributed by atoms with E-state index in [0.717, 1.165) is 31.4 Å². The second-order valence-electron chi connectivity index (χ2n) is 3.73. The zero-order chi connectivity index (χ0) is 9.10. The Kier molecular flexibility index (Phi) is 2.64. The molecule has 0 aliphatic carbocycles. The van der Waals surface area contributed by atoms with Gasteiger partial charge in [0.1, 0.15) is 0 Å². The van der Waals surface area contributed by atoms with Crippen molar-refractivity contribution in [2.45, 2.75) is 26.3 Å². The maximum atomic E-state index is 5.31. The zero-order valence-electron chi connectivity index (χ0n) is 8.07. The summed E-state index contributed by atoms with van der Waals surface area (Å²) >= 11 is 0. The minimum absolute atomic E-state index is 0.757. The van der Waals surface area contributed by atoms with Gasteiger partial charge in [-0.3, -0.25) is 4.68 Å². The number of hydrogen-bond donors (Lipinski definition) is 0. The van der Waals surface area contributed by atoms with E-state index in [0.29, 0.717) is 0 Å². The molecule has 1 aromatic heterocycles. The molecule has 1 saturated heterocycles. The Bertz CT molecular complexity index is 264. The van der Waals surface area contributed by atoms with Gasteiger partial charge < -0.3 is 4.74 Å². The normalized spacial score (nSPS) is 19.2. The van der Waals surface area contributed by atoms with Crippen molar-refractivity contribution in [1.82, 2.24) is 9.78 Å². The molecule has 0 spiro atoms. The van der Waals surface area contributed by atoms with Crippen LogP contribution in [0.3, 0.4) is 0 Å². The zero-order valence-corrected chi connectivity index (χ0v) is 8.07. The minimum Gasteiger partial charge on any atom is -0.381 e. The Balaban J connectivity index is 1.89. The molecule has 0 N–H and O–H groups in total. The first-order chi connectivity index (χ1) is 6.34. The second kappa shape index (κ2) is 3.92. The maximum Gasteiger partial charge on any atom is 0.0593 e. The van der Waals surface area contributed by atoms with E-state index in [4.69, 9.17) is 4.74 Å². The van der Waals surface area contributed by atoms with Crippen LogP contribution in [0.2, 0.25) is 0 Å². The lowest BCUT2D eigenvalue weighted by atomic mass is 10.0. The maximum absolute atomic E-state index is 5.31. The highest BCUT2D eigenvalue weighted by atomic mass is 16.5. The molecule has 3 heteroatoms. The quantitative estimate of drug-likeness (QED) is 0.691. The number of aromatic nitrogens is 2. The van der Waals surface area contributed by atoms with E-state index in [9.17, 15) is 0 Å². The third-order valence-corrected chi connectivity index (χ3v) is 2.56. The van der Waals surface area contributed by atoms with Gasteiger partial charge in [-0.25, -0.2) is 0 Å². The van der Waals surface area contributed by atoms with Crippen LogP contribution in [0.15, 0.2) is 12.3 Å². The molecule has 0 aromatic carbocycles. The summed E-state index contributed by atoms with van der Waals surface area (Å²) in [4.78, 5) is 0. The van der Waals surface area contributed by atoms with Crippen LogP contribution >= 0.6 is 0 Å². The molecule has 1 aliphatic heterocycles. The fourth-order valence-electron chi connectivity index (χ4n) is 1.76. The standard InChI is InChI=1S/C10H16N2O/c1-9-2-5-12(11-9)8-10-3-6-13-7-4-10/h2,5,10H,3-4,6-8H2,1H3. The summed E-state index contributed by atoms with van der Waals surface area (Å²) in [7, 11) is 0. The lowest BCUT2D eigenvalue weighted by molar-refractivity contribution is 0.0601. The van der Waals surface area contributed by atoms with Crippen LogP contribution in [0.1, 0.15) is 18.5 Å². The monoisotopic (exact) mass is 180 g/mol. The van der Waals surface area contributed by atoms with Crippen LogP contribution in [-0.2, 0) is 11.3 Å². The van der Waals surface area contributed by atoms with Gasteiger partial charge in [-0.15, -0.1) is 0 Å². The Morgan fingerprint density at radius 1 is 1.54 bits per heavy atom. The molecule has 2 rings (SSSR count). The van der Waals surface area contributed by atoms with Gasteiger partial charge in [-0.05, 0) is 31.7 Å². The van der Waals surface area contributed by atoms with Gasteiger partial charge in [-0.1, -0.05) is 0 Å². The summed E-state index contributed by atoms with van der Waals surface area (Å²) in [5.74, 6) is 0.757. The molecule has 0 atom stereocenters. The third kappa shape index (κ3) is 2.31. The Morgan fingerprint density at radius 2 is 2.31 bits per heavy atom. The summed E-state index contributed by atoms with van der Waals surface area (Å²) in [5, 5.41) is 4.38. The van der Waals surface area contributed by atoms with Crippen LogP contribution in [0.25, 0.3) is 0 Å². The van der Waals surface area contributed by atoms with Gasteiger partial charge in [0, 0.05) is 26.0 Å². The van der Waals surface area contributed by atoms with Gasteiger partial charge in [0.25, 0.3) is 0 Å². The fraction of sp³-hybridized carbons (Fsp3) is 0.700. The third-order valence-electron chi connectivity index (χ3n) is 2.56. The fourth-order valence-corrected chi connectivity index (χ4v) is 1.76. The van der Waals surface area contributed by atoms with Crippen LogP contribution in [0.5, 0.6) is 0 Å². The van der Waals surface area contributed by atoms with E-state index in [1.807, 2.05) is 11.6 Å². The molecule has 3 nitrogen and oxygen atoms in total.